The van der Waals surface area contributed by atoms with Crippen molar-refractivity contribution in [1.29, 1.82) is 0 Å². The SMILES string of the molecule is Cl.O=C1CCCN1Cc1ccc(C(=O)N2C[C@H]3CNC[C@H]3C2)cc1. The fraction of sp³-hybridized carbons (Fsp3) is 0.556. The molecule has 6 heteroatoms. The van der Waals surface area contributed by atoms with Crippen molar-refractivity contribution in [3.8, 4) is 0 Å². The predicted molar refractivity (Wildman–Crippen MR) is 94.1 cm³/mol. The molecule has 3 heterocycles. The third kappa shape index (κ3) is 3.28. The molecule has 1 aromatic carbocycles. The number of hydrogen-bond acceptors (Lipinski definition) is 3. The van der Waals surface area contributed by atoms with Crippen LogP contribution in [-0.2, 0) is 11.3 Å². The number of fused-ring (bicyclic) bond motifs is 1. The van der Waals surface area contributed by atoms with E-state index in [0.717, 1.165) is 50.3 Å². The first kappa shape index (κ1) is 17.2. The minimum absolute atomic E-state index is 0. The van der Waals surface area contributed by atoms with Gasteiger partial charge in [-0.1, -0.05) is 12.1 Å². The third-order valence-corrected chi connectivity index (χ3v) is 5.42. The number of rotatable bonds is 3. The van der Waals surface area contributed by atoms with Crippen LogP contribution in [0.15, 0.2) is 24.3 Å². The smallest absolute Gasteiger partial charge is 0.253 e. The second-order valence-electron chi connectivity index (χ2n) is 7.00. The lowest BCUT2D eigenvalue weighted by Gasteiger charge is -2.18. The monoisotopic (exact) mass is 349 g/mol. The second-order valence-corrected chi connectivity index (χ2v) is 7.00. The highest BCUT2D eigenvalue weighted by Crippen LogP contribution is 2.27. The summed E-state index contributed by atoms with van der Waals surface area (Å²) < 4.78 is 0. The van der Waals surface area contributed by atoms with Crippen molar-refractivity contribution in [3.05, 3.63) is 35.4 Å². The highest BCUT2D eigenvalue weighted by atomic mass is 35.5. The second kappa shape index (κ2) is 7.11. The van der Waals surface area contributed by atoms with Gasteiger partial charge in [-0.3, -0.25) is 9.59 Å². The average molecular weight is 350 g/mol. The van der Waals surface area contributed by atoms with Crippen LogP contribution in [-0.4, -0.2) is 54.3 Å². The Kier molecular flexibility index (Phi) is 5.11. The zero-order valence-corrected chi connectivity index (χ0v) is 14.6. The molecule has 3 aliphatic heterocycles. The van der Waals surface area contributed by atoms with Crippen molar-refractivity contribution in [2.45, 2.75) is 19.4 Å². The largest absolute Gasteiger partial charge is 0.338 e. The van der Waals surface area contributed by atoms with E-state index < -0.39 is 0 Å². The predicted octanol–water partition coefficient (Wildman–Crippen LogP) is 1.52. The van der Waals surface area contributed by atoms with Gasteiger partial charge in [-0.25, -0.2) is 0 Å². The van der Waals surface area contributed by atoms with Crippen LogP contribution in [0.5, 0.6) is 0 Å². The van der Waals surface area contributed by atoms with Crippen LogP contribution in [0.25, 0.3) is 0 Å². The van der Waals surface area contributed by atoms with Crippen molar-refractivity contribution in [1.82, 2.24) is 15.1 Å². The molecule has 0 radical (unpaired) electrons. The van der Waals surface area contributed by atoms with E-state index in [1.165, 1.54) is 0 Å². The van der Waals surface area contributed by atoms with Gasteiger partial charge in [-0.2, -0.15) is 0 Å². The van der Waals surface area contributed by atoms with Crippen LogP contribution in [0.3, 0.4) is 0 Å². The lowest BCUT2D eigenvalue weighted by Crippen LogP contribution is -2.31. The number of carbonyl (C=O) groups excluding carboxylic acids is 2. The Morgan fingerprint density at radius 3 is 2.38 bits per heavy atom. The van der Waals surface area contributed by atoms with E-state index >= 15 is 0 Å². The van der Waals surface area contributed by atoms with Crippen LogP contribution in [0, 0.1) is 11.8 Å². The molecule has 3 aliphatic rings. The Balaban J connectivity index is 0.00000169. The van der Waals surface area contributed by atoms with E-state index in [9.17, 15) is 9.59 Å². The summed E-state index contributed by atoms with van der Waals surface area (Å²) in [6.07, 6.45) is 1.63. The molecule has 5 nitrogen and oxygen atoms in total. The maximum atomic E-state index is 12.6. The summed E-state index contributed by atoms with van der Waals surface area (Å²) in [7, 11) is 0. The fourth-order valence-electron chi connectivity index (χ4n) is 4.05. The number of benzene rings is 1. The van der Waals surface area contributed by atoms with Gasteiger partial charge >= 0.3 is 0 Å². The lowest BCUT2D eigenvalue weighted by molar-refractivity contribution is -0.128. The maximum absolute atomic E-state index is 12.6. The number of nitrogens with one attached hydrogen (secondary N) is 1. The molecule has 2 atom stereocenters. The normalized spacial score (nSPS) is 25.8. The van der Waals surface area contributed by atoms with Gasteiger partial charge in [0.25, 0.3) is 5.91 Å². The van der Waals surface area contributed by atoms with Gasteiger partial charge < -0.3 is 15.1 Å². The maximum Gasteiger partial charge on any atom is 0.253 e. The van der Waals surface area contributed by atoms with Gasteiger partial charge in [-0.05, 0) is 36.0 Å². The minimum Gasteiger partial charge on any atom is -0.338 e. The highest BCUT2D eigenvalue weighted by Gasteiger charge is 2.38. The first-order valence-electron chi connectivity index (χ1n) is 8.57. The number of likely N-dealkylation sites (tertiary alicyclic amines) is 2. The molecule has 1 N–H and O–H groups in total. The van der Waals surface area contributed by atoms with E-state index in [-0.39, 0.29) is 24.2 Å². The molecule has 0 aliphatic carbocycles. The molecule has 3 fully saturated rings. The third-order valence-electron chi connectivity index (χ3n) is 5.42. The summed E-state index contributed by atoms with van der Waals surface area (Å²) >= 11 is 0. The van der Waals surface area contributed by atoms with Crippen molar-refractivity contribution in [3.63, 3.8) is 0 Å². The molecule has 0 bridgehead atoms. The molecule has 130 valence electrons. The Labute approximate surface area is 148 Å². The molecule has 4 rings (SSSR count). The molecule has 2 amide bonds. The number of carbonyl (C=O) groups is 2. The number of halogens is 1. The van der Waals surface area contributed by atoms with Gasteiger partial charge in [0.05, 0.1) is 0 Å². The standard InChI is InChI=1S/C18H23N3O2.ClH/c22-17-2-1-7-20(17)10-13-3-5-14(6-4-13)18(23)21-11-15-8-19-9-16(15)12-21;/h3-6,15-16,19H,1-2,7-12H2;1H/t15-,16+;. The number of amides is 2. The van der Waals surface area contributed by atoms with Crippen LogP contribution in [0.1, 0.15) is 28.8 Å². The summed E-state index contributed by atoms with van der Waals surface area (Å²) in [6.45, 7) is 5.34. The van der Waals surface area contributed by atoms with E-state index in [4.69, 9.17) is 0 Å². The summed E-state index contributed by atoms with van der Waals surface area (Å²) in [6, 6.07) is 7.78. The number of nitrogens with zero attached hydrogens (tertiary/aromatic N) is 2. The molecule has 0 spiro atoms. The first-order valence-corrected chi connectivity index (χ1v) is 8.57. The summed E-state index contributed by atoms with van der Waals surface area (Å²) in [5.41, 5.74) is 1.86. The Hall–Kier alpha value is -1.59. The van der Waals surface area contributed by atoms with Crippen LogP contribution in [0.2, 0.25) is 0 Å². The molecule has 0 saturated carbocycles. The van der Waals surface area contributed by atoms with Crippen molar-refractivity contribution in [2.75, 3.05) is 32.7 Å². The average Bonchev–Trinajstić information content (AvgIpc) is 3.24. The van der Waals surface area contributed by atoms with Gasteiger partial charge in [0.15, 0.2) is 0 Å². The Morgan fingerprint density at radius 1 is 1.12 bits per heavy atom. The van der Waals surface area contributed by atoms with Crippen molar-refractivity contribution < 1.29 is 9.59 Å². The number of hydrogen-bond donors (Lipinski definition) is 1. The molecule has 1 aromatic rings. The van der Waals surface area contributed by atoms with E-state index in [0.29, 0.717) is 24.8 Å². The topological polar surface area (TPSA) is 52.7 Å². The zero-order valence-electron chi connectivity index (χ0n) is 13.7. The highest BCUT2D eigenvalue weighted by molar-refractivity contribution is 5.94. The first-order chi connectivity index (χ1) is 11.2. The molecule has 0 aromatic heterocycles. The quantitative estimate of drug-likeness (QED) is 0.900. The van der Waals surface area contributed by atoms with Crippen molar-refractivity contribution in [2.24, 2.45) is 11.8 Å². The molecule has 0 unspecified atom stereocenters. The molecule has 24 heavy (non-hydrogen) atoms. The lowest BCUT2D eigenvalue weighted by atomic mass is 10.0. The van der Waals surface area contributed by atoms with Gasteiger partial charge in [0.1, 0.15) is 0 Å². The summed E-state index contributed by atoms with van der Waals surface area (Å²) in [5.74, 6) is 1.63. The van der Waals surface area contributed by atoms with Crippen LogP contribution < -0.4 is 5.32 Å². The molecule has 3 saturated heterocycles. The Morgan fingerprint density at radius 2 is 1.79 bits per heavy atom. The molecular weight excluding hydrogens is 326 g/mol. The van der Waals surface area contributed by atoms with Gasteiger partial charge in [-0.15, -0.1) is 12.4 Å². The Bertz CT molecular complexity index is 607. The van der Waals surface area contributed by atoms with Gasteiger partial charge in [0.2, 0.25) is 5.91 Å². The molecular formula is C18H24ClN3O2. The minimum atomic E-state index is 0. The van der Waals surface area contributed by atoms with Gasteiger partial charge in [0, 0.05) is 51.3 Å². The summed E-state index contributed by atoms with van der Waals surface area (Å²) in [5, 5.41) is 3.40. The van der Waals surface area contributed by atoms with Crippen molar-refractivity contribution >= 4 is 24.2 Å². The van der Waals surface area contributed by atoms with E-state index in [2.05, 4.69) is 5.32 Å². The van der Waals surface area contributed by atoms with Crippen LogP contribution >= 0.6 is 12.4 Å². The zero-order chi connectivity index (χ0) is 15.8. The summed E-state index contributed by atoms with van der Waals surface area (Å²) in [4.78, 5) is 28.2. The van der Waals surface area contributed by atoms with E-state index in [1.807, 2.05) is 34.1 Å². The van der Waals surface area contributed by atoms with Crippen LogP contribution in [0.4, 0.5) is 0 Å². The fourth-order valence-corrected chi connectivity index (χ4v) is 4.05. The van der Waals surface area contributed by atoms with E-state index in [1.54, 1.807) is 0 Å².